The summed E-state index contributed by atoms with van der Waals surface area (Å²) in [7, 11) is 0. The molecular weight excluding hydrogens is 246 g/mol. The van der Waals surface area contributed by atoms with E-state index in [0.29, 0.717) is 0 Å². The van der Waals surface area contributed by atoms with E-state index >= 15 is 0 Å². The summed E-state index contributed by atoms with van der Waals surface area (Å²) >= 11 is 1.62. The van der Waals surface area contributed by atoms with Gasteiger partial charge < -0.3 is 11.1 Å². The Morgan fingerprint density at radius 2 is 2.17 bits per heavy atom. The van der Waals surface area contributed by atoms with Crippen LogP contribution in [0.25, 0.3) is 0 Å². The Bertz CT molecular complexity index is 396. The van der Waals surface area contributed by atoms with E-state index in [9.17, 15) is 4.79 Å². The first kappa shape index (κ1) is 13.5. The minimum Gasteiger partial charge on any atom is -0.344 e. The lowest BCUT2D eigenvalue weighted by Gasteiger charge is -2.30. The number of nitrogens with zero attached hydrogens (tertiary/aromatic N) is 1. The van der Waals surface area contributed by atoms with E-state index in [2.05, 4.69) is 10.3 Å². The van der Waals surface area contributed by atoms with Crippen LogP contribution < -0.4 is 11.1 Å². The monoisotopic (exact) mass is 267 g/mol. The number of carbonyl (C=O) groups excluding carboxylic acids is 1. The summed E-state index contributed by atoms with van der Waals surface area (Å²) < 4.78 is 0. The molecule has 2 rings (SSSR count). The second-order valence-corrected chi connectivity index (χ2v) is 6.16. The van der Waals surface area contributed by atoms with Gasteiger partial charge in [0, 0.05) is 23.5 Å². The van der Waals surface area contributed by atoms with E-state index in [0.717, 1.165) is 30.7 Å². The third-order valence-electron chi connectivity index (χ3n) is 3.86. The molecule has 18 heavy (non-hydrogen) atoms. The second kappa shape index (κ2) is 5.36. The average molecular weight is 267 g/mol. The van der Waals surface area contributed by atoms with E-state index in [4.69, 9.17) is 5.73 Å². The van der Waals surface area contributed by atoms with E-state index in [1.807, 2.05) is 19.2 Å². The topological polar surface area (TPSA) is 68.0 Å². The van der Waals surface area contributed by atoms with Gasteiger partial charge in [-0.25, -0.2) is 4.98 Å². The van der Waals surface area contributed by atoms with E-state index in [-0.39, 0.29) is 23.4 Å². The van der Waals surface area contributed by atoms with Gasteiger partial charge in [0.25, 0.3) is 0 Å². The number of thiazole rings is 1. The highest BCUT2D eigenvalue weighted by molar-refractivity contribution is 7.09. The summed E-state index contributed by atoms with van der Waals surface area (Å²) in [5.74, 6) is -0.121. The Balaban J connectivity index is 2.15. The molecule has 5 heteroatoms. The fraction of sp³-hybridized carbons (Fsp3) is 0.692. The number of nitrogens with one attached hydrogen (secondary N) is 1. The number of nitrogens with two attached hydrogens (primary N) is 1. The molecule has 2 atom stereocenters. The van der Waals surface area contributed by atoms with Gasteiger partial charge >= 0.3 is 0 Å². The molecule has 1 heterocycles. The molecule has 0 spiro atoms. The van der Waals surface area contributed by atoms with Gasteiger partial charge in [-0.2, -0.15) is 0 Å². The van der Waals surface area contributed by atoms with Crippen LogP contribution in [-0.4, -0.2) is 16.9 Å². The van der Waals surface area contributed by atoms with E-state index in [1.54, 1.807) is 17.5 Å². The van der Waals surface area contributed by atoms with Crippen LogP contribution >= 0.6 is 11.3 Å². The molecule has 3 N–H and O–H groups in total. The summed E-state index contributed by atoms with van der Waals surface area (Å²) in [6.07, 6.45) is 6.07. The van der Waals surface area contributed by atoms with Crippen molar-refractivity contribution in [3.63, 3.8) is 0 Å². The maximum absolute atomic E-state index is 12.2. The lowest BCUT2D eigenvalue weighted by molar-refractivity contribution is -0.127. The average Bonchev–Trinajstić information content (AvgIpc) is 2.98. The van der Waals surface area contributed by atoms with Crippen LogP contribution in [0.4, 0.5) is 0 Å². The van der Waals surface area contributed by atoms with Crippen molar-refractivity contribution < 1.29 is 4.79 Å². The van der Waals surface area contributed by atoms with Crippen LogP contribution in [0.2, 0.25) is 0 Å². The van der Waals surface area contributed by atoms with Crippen LogP contribution in [0.5, 0.6) is 0 Å². The van der Waals surface area contributed by atoms with Gasteiger partial charge in [0.05, 0.1) is 5.54 Å². The summed E-state index contributed by atoms with van der Waals surface area (Å²) in [4.78, 5) is 16.6. The predicted molar refractivity (Wildman–Crippen MR) is 73.2 cm³/mol. The molecule has 4 nitrogen and oxygen atoms in total. The fourth-order valence-corrected chi connectivity index (χ4v) is 3.27. The molecule has 1 aliphatic rings. The number of hydrogen-bond donors (Lipinski definition) is 2. The second-order valence-electron chi connectivity index (χ2n) is 5.26. The molecule has 0 aliphatic heterocycles. The van der Waals surface area contributed by atoms with Crippen molar-refractivity contribution in [3.8, 4) is 0 Å². The highest BCUT2D eigenvalue weighted by atomic mass is 32.1. The summed E-state index contributed by atoms with van der Waals surface area (Å²) in [5.41, 5.74) is 5.56. The Morgan fingerprint density at radius 1 is 1.50 bits per heavy atom. The zero-order valence-electron chi connectivity index (χ0n) is 11.0. The highest BCUT2D eigenvalue weighted by Gasteiger charge is 2.40. The van der Waals surface area contributed by atoms with Gasteiger partial charge in [0.15, 0.2) is 0 Å². The standard InChI is InChI=1S/C13H21N3OS/c1-9(10(2)14)11(17)16-13(5-3-4-6-13)12-15-7-8-18-12/h7-10H,3-6,14H2,1-2H3,(H,16,17). The molecule has 1 aromatic heterocycles. The van der Waals surface area contributed by atoms with Gasteiger partial charge in [-0.15, -0.1) is 11.3 Å². The molecule has 2 unspecified atom stereocenters. The van der Waals surface area contributed by atoms with E-state index in [1.165, 1.54) is 0 Å². The van der Waals surface area contributed by atoms with Gasteiger partial charge in [0.2, 0.25) is 5.91 Å². The first-order valence-electron chi connectivity index (χ1n) is 6.53. The predicted octanol–water partition coefficient (Wildman–Crippen LogP) is 2.01. The Hall–Kier alpha value is -0.940. The summed E-state index contributed by atoms with van der Waals surface area (Å²) in [5, 5.41) is 6.21. The molecule has 0 radical (unpaired) electrons. The minimum absolute atomic E-state index is 0.0436. The normalized spacial score (nSPS) is 21.5. The largest absolute Gasteiger partial charge is 0.344 e. The molecule has 1 aromatic rings. The number of carbonyl (C=O) groups is 1. The lowest BCUT2D eigenvalue weighted by atomic mass is 9.95. The quantitative estimate of drug-likeness (QED) is 0.877. The molecule has 1 fully saturated rings. The van der Waals surface area contributed by atoms with Gasteiger partial charge in [-0.1, -0.05) is 19.8 Å². The van der Waals surface area contributed by atoms with Crippen LogP contribution in [0.15, 0.2) is 11.6 Å². The summed E-state index contributed by atoms with van der Waals surface area (Å²) in [6.45, 7) is 3.75. The molecule has 1 aliphatic carbocycles. The van der Waals surface area contributed by atoms with Crippen molar-refractivity contribution in [1.29, 1.82) is 0 Å². The molecule has 100 valence electrons. The zero-order valence-corrected chi connectivity index (χ0v) is 11.8. The minimum atomic E-state index is -0.242. The third-order valence-corrected chi connectivity index (χ3v) is 4.84. The maximum atomic E-state index is 12.2. The van der Waals surface area contributed by atoms with Crippen molar-refractivity contribution in [2.75, 3.05) is 0 Å². The molecule has 1 amide bonds. The van der Waals surface area contributed by atoms with Crippen molar-refractivity contribution in [2.24, 2.45) is 11.7 Å². The van der Waals surface area contributed by atoms with Crippen LogP contribution in [0.3, 0.4) is 0 Å². The maximum Gasteiger partial charge on any atom is 0.225 e. The molecule has 0 bridgehead atoms. The number of amides is 1. The number of rotatable bonds is 4. The lowest BCUT2D eigenvalue weighted by Crippen LogP contribution is -2.48. The number of aromatic nitrogens is 1. The van der Waals surface area contributed by atoms with Crippen molar-refractivity contribution in [3.05, 3.63) is 16.6 Å². The van der Waals surface area contributed by atoms with Gasteiger partial charge in [0.1, 0.15) is 5.01 Å². The molecular formula is C13H21N3OS. The molecule has 0 aromatic carbocycles. The van der Waals surface area contributed by atoms with Crippen LogP contribution in [0, 0.1) is 5.92 Å². The smallest absolute Gasteiger partial charge is 0.225 e. The highest BCUT2D eigenvalue weighted by Crippen LogP contribution is 2.39. The van der Waals surface area contributed by atoms with E-state index < -0.39 is 0 Å². The van der Waals surface area contributed by atoms with Crippen molar-refractivity contribution >= 4 is 17.2 Å². The Kier molecular flexibility index (Phi) is 4.02. The SMILES string of the molecule is CC(N)C(C)C(=O)NC1(c2nccs2)CCCC1. The first-order chi connectivity index (χ1) is 8.55. The molecule has 1 saturated carbocycles. The third kappa shape index (κ3) is 2.57. The van der Waals surface area contributed by atoms with Crippen molar-refractivity contribution in [2.45, 2.75) is 51.1 Å². The Morgan fingerprint density at radius 3 is 2.67 bits per heavy atom. The van der Waals surface area contributed by atoms with Crippen LogP contribution in [-0.2, 0) is 10.3 Å². The van der Waals surface area contributed by atoms with Crippen molar-refractivity contribution in [1.82, 2.24) is 10.3 Å². The Labute approximate surface area is 112 Å². The number of hydrogen-bond acceptors (Lipinski definition) is 4. The van der Waals surface area contributed by atoms with Crippen LogP contribution in [0.1, 0.15) is 44.5 Å². The van der Waals surface area contributed by atoms with Gasteiger partial charge in [-0.05, 0) is 19.8 Å². The molecule has 0 saturated heterocycles. The summed E-state index contributed by atoms with van der Waals surface area (Å²) in [6, 6.07) is -0.125. The first-order valence-corrected chi connectivity index (χ1v) is 7.41. The zero-order chi connectivity index (χ0) is 13.2. The fourth-order valence-electron chi connectivity index (χ4n) is 2.42. The van der Waals surface area contributed by atoms with Gasteiger partial charge in [-0.3, -0.25) is 4.79 Å².